The summed E-state index contributed by atoms with van der Waals surface area (Å²) in [5.41, 5.74) is 0. The molecule has 1 aliphatic carbocycles. The molecule has 0 aromatic carbocycles. The van der Waals surface area contributed by atoms with Gasteiger partial charge < -0.3 is 14.7 Å². The van der Waals surface area contributed by atoms with Crippen LogP contribution in [0.3, 0.4) is 0 Å². The third-order valence-electron chi connectivity index (χ3n) is 1.78. The van der Waals surface area contributed by atoms with E-state index in [1.807, 2.05) is 13.8 Å². The van der Waals surface area contributed by atoms with E-state index in [0.717, 1.165) is 39.1 Å². The van der Waals surface area contributed by atoms with Gasteiger partial charge in [0.2, 0.25) is 0 Å². The second-order valence-corrected chi connectivity index (χ2v) is 3.15. The lowest BCUT2D eigenvalue weighted by atomic mass is 10.5. The number of ether oxygens (including phenoxy) is 1. The fourth-order valence-corrected chi connectivity index (χ4v) is 0.729. The summed E-state index contributed by atoms with van der Waals surface area (Å²) >= 11 is 0. The van der Waals surface area contributed by atoms with E-state index in [4.69, 9.17) is 9.84 Å². The van der Waals surface area contributed by atoms with Crippen molar-refractivity contribution in [3.8, 4) is 0 Å². The number of rotatable bonds is 0. The van der Waals surface area contributed by atoms with Crippen LogP contribution in [0, 0.1) is 0 Å². The second-order valence-electron chi connectivity index (χ2n) is 3.15. The van der Waals surface area contributed by atoms with Crippen LogP contribution in [0.25, 0.3) is 0 Å². The molecular weight excluding hydrogens is 166 g/mol. The van der Waals surface area contributed by atoms with Gasteiger partial charge in [0.15, 0.2) is 0 Å². The predicted molar refractivity (Wildman–Crippen MR) is 54.9 cm³/mol. The monoisotopic (exact) mass is 189 g/mol. The van der Waals surface area contributed by atoms with E-state index in [-0.39, 0.29) is 6.10 Å². The Labute approximate surface area is 81.7 Å². The highest BCUT2D eigenvalue weighted by Crippen LogP contribution is 2.16. The van der Waals surface area contributed by atoms with Crippen molar-refractivity contribution in [1.29, 1.82) is 0 Å². The van der Waals surface area contributed by atoms with E-state index in [1.165, 1.54) is 0 Å². The Kier molecular flexibility index (Phi) is 8.40. The molecule has 0 unspecified atom stereocenters. The van der Waals surface area contributed by atoms with Gasteiger partial charge in [0.25, 0.3) is 0 Å². The number of morpholine rings is 1. The van der Waals surface area contributed by atoms with Crippen LogP contribution < -0.4 is 0 Å². The third-order valence-corrected chi connectivity index (χ3v) is 1.78. The Morgan fingerprint density at radius 2 is 1.54 bits per heavy atom. The molecular formula is C10H23NO2. The summed E-state index contributed by atoms with van der Waals surface area (Å²) in [6, 6.07) is 0. The van der Waals surface area contributed by atoms with Gasteiger partial charge in [-0.15, -0.1) is 0 Å². The van der Waals surface area contributed by atoms with Crippen molar-refractivity contribution >= 4 is 0 Å². The molecule has 3 nitrogen and oxygen atoms in total. The van der Waals surface area contributed by atoms with Gasteiger partial charge in [-0.25, -0.2) is 0 Å². The molecule has 13 heavy (non-hydrogen) atoms. The summed E-state index contributed by atoms with van der Waals surface area (Å²) in [4.78, 5) is 2.27. The average Bonchev–Trinajstić information content (AvgIpc) is 2.94. The van der Waals surface area contributed by atoms with E-state index < -0.39 is 0 Å². The topological polar surface area (TPSA) is 32.7 Å². The molecule has 0 aromatic rings. The zero-order chi connectivity index (χ0) is 10.1. The fraction of sp³-hybridized carbons (Fsp3) is 1.00. The molecule has 1 heterocycles. The molecule has 0 amide bonds. The van der Waals surface area contributed by atoms with Crippen LogP contribution >= 0.6 is 0 Å². The first-order valence-corrected chi connectivity index (χ1v) is 5.23. The van der Waals surface area contributed by atoms with E-state index in [1.54, 1.807) is 0 Å². The quantitative estimate of drug-likeness (QED) is 0.620. The minimum absolute atomic E-state index is 0.0833. The Morgan fingerprint density at radius 3 is 1.69 bits per heavy atom. The van der Waals surface area contributed by atoms with Crippen LogP contribution in [0.15, 0.2) is 0 Å². The molecule has 0 atom stereocenters. The lowest BCUT2D eigenvalue weighted by Gasteiger charge is -2.21. The van der Waals surface area contributed by atoms with Crippen molar-refractivity contribution in [2.75, 3.05) is 33.4 Å². The van der Waals surface area contributed by atoms with Gasteiger partial charge in [0, 0.05) is 13.1 Å². The summed E-state index contributed by atoms with van der Waals surface area (Å²) in [7, 11) is 2.11. The number of hydrogen-bond acceptors (Lipinski definition) is 3. The normalized spacial score (nSPS) is 22.2. The molecule has 3 heteroatoms. The largest absolute Gasteiger partial charge is 0.393 e. The zero-order valence-electron chi connectivity index (χ0n) is 9.12. The summed E-state index contributed by atoms with van der Waals surface area (Å²) in [5.74, 6) is 0. The average molecular weight is 189 g/mol. The lowest BCUT2D eigenvalue weighted by Crippen LogP contribution is -2.32. The molecule has 1 saturated carbocycles. The summed E-state index contributed by atoms with van der Waals surface area (Å²) in [5, 5.41) is 8.17. The van der Waals surface area contributed by atoms with Gasteiger partial charge in [-0.05, 0) is 19.9 Å². The molecule has 80 valence electrons. The van der Waals surface area contributed by atoms with Crippen LogP contribution in [0.5, 0.6) is 0 Å². The fourth-order valence-electron chi connectivity index (χ4n) is 0.729. The highest BCUT2D eigenvalue weighted by Gasteiger charge is 2.15. The molecule has 0 bridgehead atoms. The van der Waals surface area contributed by atoms with Crippen molar-refractivity contribution in [2.24, 2.45) is 0 Å². The van der Waals surface area contributed by atoms with Crippen molar-refractivity contribution < 1.29 is 9.84 Å². The summed E-state index contributed by atoms with van der Waals surface area (Å²) < 4.78 is 5.10. The van der Waals surface area contributed by atoms with Crippen molar-refractivity contribution in [1.82, 2.24) is 4.90 Å². The van der Waals surface area contributed by atoms with E-state index in [0.29, 0.717) is 0 Å². The molecule has 2 fully saturated rings. The van der Waals surface area contributed by atoms with Gasteiger partial charge in [-0.2, -0.15) is 0 Å². The molecule has 0 radical (unpaired) electrons. The van der Waals surface area contributed by atoms with Crippen LogP contribution in [0.2, 0.25) is 0 Å². The smallest absolute Gasteiger partial charge is 0.0594 e. The molecule has 1 saturated heterocycles. The highest BCUT2D eigenvalue weighted by atomic mass is 16.5. The molecule has 0 spiro atoms. The summed E-state index contributed by atoms with van der Waals surface area (Å²) in [6.45, 7) is 8.02. The lowest BCUT2D eigenvalue weighted by molar-refractivity contribution is 0.0503. The van der Waals surface area contributed by atoms with Crippen LogP contribution in [-0.2, 0) is 4.74 Å². The SMILES string of the molecule is CC.CN1CCOCC1.OC1CC1. The standard InChI is InChI=1S/C5H11NO.C3H6O.C2H6/c1-6-2-4-7-5-3-6;4-3-1-2-3;1-2/h2-5H2,1H3;3-4H,1-2H2;1-2H3. The zero-order valence-corrected chi connectivity index (χ0v) is 9.12. The van der Waals surface area contributed by atoms with Crippen LogP contribution in [-0.4, -0.2) is 49.5 Å². The van der Waals surface area contributed by atoms with Crippen molar-refractivity contribution in [2.45, 2.75) is 32.8 Å². The molecule has 2 rings (SSSR count). The Hall–Kier alpha value is -0.120. The Morgan fingerprint density at radius 1 is 1.15 bits per heavy atom. The number of hydrogen-bond donors (Lipinski definition) is 1. The maximum absolute atomic E-state index is 8.17. The minimum atomic E-state index is 0.0833. The van der Waals surface area contributed by atoms with Crippen molar-refractivity contribution in [3.63, 3.8) is 0 Å². The first kappa shape index (κ1) is 12.9. The van der Waals surface area contributed by atoms with Crippen LogP contribution in [0.1, 0.15) is 26.7 Å². The Bertz CT molecular complexity index is 99.1. The van der Waals surface area contributed by atoms with Gasteiger partial charge in [-0.3, -0.25) is 0 Å². The molecule has 2 aliphatic rings. The molecule has 1 aliphatic heterocycles. The van der Waals surface area contributed by atoms with E-state index >= 15 is 0 Å². The summed E-state index contributed by atoms with van der Waals surface area (Å²) in [6.07, 6.45) is 2.17. The van der Waals surface area contributed by atoms with E-state index in [9.17, 15) is 0 Å². The van der Waals surface area contributed by atoms with Gasteiger partial charge in [-0.1, -0.05) is 13.8 Å². The third kappa shape index (κ3) is 9.80. The number of nitrogens with zero attached hydrogens (tertiary/aromatic N) is 1. The highest BCUT2D eigenvalue weighted by molar-refractivity contribution is 4.68. The predicted octanol–water partition coefficient (Wildman–Crippen LogP) is 1.12. The second kappa shape index (κ2) is 8.48. The molecule has 1 N–H and O–H groups in total. The number of aliphatic hydroxyl groups is 1. The molecule has 0 aromatic heterocycles. The number of likely N-dealkylation sites (N-methyl/N-ethyl adjacent to an activating group) is 1. The van der Waals surface area contributed by atoms with Gasteiger partial charge in [0.1, 0.15) is 0 Å². The van der Waals surface area contributed by atoms with E-state index in [2.05, 4.69) is 11.9 Å². The van der Waals surface area contributed by atoms with Gasteiger partial charge in [0.05, 0.1) is 19.3 Å². The minimum Gasteiger partial charge on any atom is -0.393 e. The number of aliphatic hydroxyl groups excluding tert-OH is 1. The maximum Gasteiger partial charge on any atom is 0.0594 e. The Balaban J connectivity index is 0.000000204. The van der Waals surface area contributed by atoms with Crippen LogP contribution in [0.4, 0.5) is 0 Å². The first-order valence-electron chi connectivity index (χ1n) is 5.23. The first-order chi connectivity index (χ1) is 6.29. The van der Waals surface area contributed by atoms with Crippen molar-refractivity contribution in [3.05, 3.63) is 0 Å². The van der Waals surface area contributed by atoms with Gasteiger partial charge >= 0.3 is 0 Å². The maximum atomic E-state index is 8.17.